The highest BCUT2D eigenvalue weighted by molar-refractivity contribution is 5.84. The summed E-state index contributed by atoms with van der Waals surface area (Å²) in [5.74, 6) is -2.11. The van der Waals surface area contributed by atoms with Crippen molar-refractivity contribution in [1.29, 1.82) is 0 Å². The molecule has 0 fully saturated rings. The normalized spacial score (nSPS) is 18.4. The first kappa shape index (κ1) is 12.5. The predicted molar refractivity (Wildman–Crippen MR) is 62.6 cm³/mol. The van der Waals surface area contributed by atoms with Gasteiger partial charge in [-0.05, 0) is 30.5 Å². The van der Waals surface area contributed by atoms with Crippen LogP contribution in [0.3, 0.4) is 0 Å². The Bertz CT molecular complexity index is 527. The van der Waals surface area contributed by atoms with Gasteiger partial charge in [-0.1, -0.05) is 6.07 Å². The summed E-state index contributed by atoms with van der Waals surface area (Å²) >= 11 is 0. The first-order valence-electron chi connectivity index (χ1n) is 5.71. The Hall–Kier alpha value is -1.91. The molecule has 1 aromatic rings. The van der Waals surface area contributed by atoms with Crippen LogP contribution in [0.15, 0.2) is 12.1 Å². The summed E-state index contributed by atoms with van der Waals surface area (Å²) in [4.78, 5) is 24.0. The molecule has 4 nitrogen and oxygen atoms in total. The summed E-state index contributed by atoms with van der Waals surface area (Å²) in [5.41, 5.74) is 1.70. The third-order valence-electron chi connectivity index (χ3n) is 3.36. The largest absolute Gasteiger partial charge is 0.479 e. The number of aliphatic carboxylic acids is 1. The van der Waals surface area contributed by atoms with E-state index in [9.17, 15) is 19.1 Å². The van der Waals surface area contributed by atoms with Crippen molar-refractivity contribution >= 4 is 11.9 Å². The smallest absolute Gasteiger partial charge is 0.331 e. The maximum atomic E-state index is 13.9. The number of nitrogens with zero attached hydrogens (tertiary/aromatic N) is 1. The van der Waals surface area contributed by atoms with Gasteiger partial charge >= 0.3 is 5.97 Å². The molecule has 0 saturated heterocycles. The van der Waals surface area contributed by atoms with Crippen LogP contribution < -0.4 is 0 Å². The Labute approximate surface area is 104 Å². The number of benzene rings is 1. The molecule has 1 aliphatic rings. The van der Waals surface area contributed by atoms with Gasteiger partial charge in [-0.3, -0.25) is 4.79 Å². The van der Waals surface area contributed by atoms with Crippen LogP contribution in [0.5, 0.6) is 0 Å². The lowest BCUT2D eigenvalue weighted by Crippen LogP contribution is -2.43. The highest BCUT2D eigenvalue weighted by atomic mass is 19.1. The number of halogens is 1. The van der Waals surface area contributed by atoms with Gasteiger partial charge in [0.15, 0.2) is 6.04 Å². The zero-order valence-corrected chi connectivity index (χ0v) is 10.2. The molecular formula is C13H14FNO3. The molecule has 18 heavy (non-hydrogen) atoms. The van der Waals surface area contributed by atoms with Crippen molar-refractivity contribution in [1.82, 2.24) is 4.90 Å². The lowest BCUT2D eigenvalue weighted by molar-refractivity contribution is -0.150. The van der Waals surface area contributed by atoms with Crippen molar-refractivity contribution in [2.24, 2.45) is 0 Å². The molecule has 0 spiro atoms. The van der Waals surface area contributed by atoms with Crippen LogP contribution in [0.2, 0.25) is 0 Å². The number of carbonyl (C=O) groups excluding carboxylic acids is 1. The number of rotatable bonds is 1. The second-order valence-corrected chi connectivity index (χ2v) is 4.46. The van der Waals surface area contributed by atoms with Crippen LogP contribution in [0.1, 0.15) is 29.7 Å². The molecule has 5 heteroatoms. The number of carboxylic acids is 1. The maximum Gasteiger partial charge on any atom is 0.331 e. The Kier molecular flexibility index (Phi) is 3.07. The van der Waals surface area contributed by atoms with E-state index in [4.69, 9.17) is 0 Å². The third kappa shape index (κ3) is 1.85. The molecule has 0 bridgehead atoms. The average molecular weight is 251 g/mol. The van der Waals surface area contributed by atoms with Crippen molar-refractivity contribution in [3.05, 3.63) is 34.6 Å². The summed E-state index contributed by atoms with van der Waals surface area (Å²) in [6, 6.07) is 1.68. The Morgan fingerprint density at radius 2 is 2.11 bits per heavy atom. The Balaban J connectivity index is 2.63. The molecular weight excluding hydrogens is 237 g/mol. The van der Waals surface area contributed by atoms with Crippen molar-refractivity contribution in [3.8, 4) is 0 Å². The number of aryl methyl sites for hydroxylation is 1. The van der Waals surface area contributed by atoms with Crippen molar-refractivity contribution < 1.29 is 19.1 Å². The Morgan fingerprint density at radius 1 is 1.44 bits per heavy atom. The minimum Gasteiger partial charge on any atom is -0.479 e. The average Bonchev–Trinajstić information content (AvgIpc) is 2.32. The standard InChI is InChI=1S/C13H14FNO3/c1-7-3-4-10(14)11-9(7)5-6-15(8(2)16)12(11)13(17)18/h3-4,12H,5-6H2,1-2H3,(H,17,18). The van der Waals surface area contributed by atoms with Gasteiger partial charge in [-0.15, -0.1) is 0 Å². The fraction of sp³-hybridized carbons (Fsp3) is 0.385. The molecule has 1 aliphatic heterocycles. The monoisotopic (exact) mass is 251 g/mol. The van der Waals surface area contributed by atoms with Crippen LogP contribution >= 0.6 is 0 Å². The second-order valence-electron chi connectivity index (χ2n) is 4.46. The molecule has 1 amide bonds. The molecule has 2 rings (SSSR count). The van der Waals surface area contributed by atoms with Crippen LogP contribution in [0.4, 0.5) is 4.39 Å². The summed E-state index contributed by atoms with van der Waals surface area (Å²) in [7, 11) is 0. The van der Waals surface area contributed by atoms with E-state index < -0.39 is 17.8 Å². The van der Waals surface area contributed by atoms with Crippen LogP contribution in [0, 0.1) is 12.7 Å². The van der Waals surface area contributed by atoms with E-state index in [2.05, 4.69) is 0 Å². The number of hydrogen-bond acceptors (Lipinski definition) is 2. The van der Waals surface area contributed by atoms with Gasteiger partial charge in [0.25, 0.3) is 0 Å². The van der Waals surface area contributed by atoms with Gasteiger partial charge in [-0.25, -0.2) is 9.18 Å². The van der Waals surface area contributed by atoms with Crippen LogP contribution in [-0.2, 0) is 16.0 Å². The summed E-state index contributed by atoms with van der Waals surface area (Å²) in [5, 5.41) is 9.26. The van der Waals surface area contributed by atoms with Gasteiger partial charge in [0, 0.05) is 19.0 Å². The molecule has 0 radical (unpaired) electrons. The zero-order chi connectivity index (χ0) is 13.4. The van der Waals surface area contributed by atoms with Crippen LogP contribution in [-0.4, -0.2) is 28.4 Å². The predicted octanol–water partition coefficient (Wildman–Crippen LogP) is 1.66. The zero-order valence-electron chi connectivity index (χ0n) is 10.2. The molecule has 0 aromatic heterocycles. The van der Waals surface area contributed by atoms with Crippen LogP contribution in [0.25, 0.3) is 0 Å². The lowest BCUT2D eigenvalue weighted by Gasteiger charge is -2.35. The molecule has 0 saturated carbocycles. The van der Waals surface area contributed by atoms with Gasteiger partial charge in [0.1, 0.15) is 5.82 Å². The molecule has 0 aliphatic carbocycles. The number of fused-ring (bicyclic) bond motifs is 1. The first-order valence-corrected chi connectivity index (χ1v) is 5.71. The van der Waals surface area contributed by atoms with E-state index in [1.165, 1.54) is 17.9 Å². The molecule has 1 atom stereocenters. The van der Waals surface area contributed by atoms with Gasteiger partial charge in [-0.2, -0.15) is 0 Å². The highest BCUT2D eigenvalue weighted by Crippen LogP contribution is 2.33. The van der Waals surface area contributed by atoms with Gasteiger partial charge in [0.05, 0.1) is 0 Å². The Morgan fingerprint density at radius 3 is 2.67 bits per heavy atom. The minimum atomic E-state index is -1.22. The topological polar surface area (TPSA) is 57.6 Å². The lowest BCUT2D eigenvalue weighted by atomic mass is 9.89. The SMILES string of the molecule is CC(=O)N1CCc2c(C)ccc(F)c2C1C(=O)O. The highest BCUT2D eigenvalue weighted by Gasteiger charge is 2.37. The quantitative estimate of drug-likeness (QED) is 0.825. The summed E-state index contributed by atoms with van der Waals surface area (Å²) in [6.45, 7) is 3.43. The minimum absolute atomic E-state index is 0.129. The van der Waals surface area contributed by atoms with E-state index in [1.54, 1.807) is 6.07 Å². The van der Waals surface area contributed by atoms with Gasteiger partial charge in [0.2, 0.25) is 5.91 Å². The first-order chi connectivity index (χ1) is 8.43. The fourth-order valence-electron chi connectivity index (χ4n) is 2.49. The van der Waals surface area contributed by atoms with E-state index >= 15 is 0 Å². The summed E-state index contributed by atoms with van der Waals surface area (Å²) < 4.78 is 13.9. The number of hydrogen-bond donors (Lipinski definition) is 1. The molecule has 1 heterocycles. The second kappa shape index (κ2) is 4.40. The molecule has 96 valence electrons. The van der Waals surface area contributed by atoms with E-state index in [1.807, 2.05) is 6.92 Å². The van der Waals surface area contributed by atoms with Crippen molar-refractivity contribution in [2.45, 2.75) is 26.3 Å². The third-order valence-corrected chi connectivity index (χ3v) is 3.36. The van der Waals surface area contributed by atoms with E-state index in [0.717, 1.165) is 5.56 Å². The van der Waals surface area contributed by atoms with Crippen molar-refractivity contribution in [3.63, 3.8) is 0 Å². The number of amides is 1. The summed E-state index contributed by atoms with van der Waals surface area (Å²) in [6.07, 6.45) is 0.488. The molecule has 1 N–H and O–H groups in total. The molecule has 1 unspecified atom stereocenters. The van der Waals surface area contributed by atoms with Crippen molar-refractivity contribution in [2.75, 3.05) is 6.54 Å². The fourth-order valence-corrected chi connectivity index (χ4v) is 2.49. The van der Waals surface area contributed by atoms with Gasteiger partial charge < -0.3 is 10.0 Å². The van der Waals surface area contributed by atoms with E-state index in [0.29, 0.717) is 18.5 Å². The number of carbonyl (C=O) groups is 2. The number of carboxylic acid groups (broad SMARTS) is 1. The molecule has 1 aromatic carbocycles. The maximum absolute atomic E-state index is 13.9. The van der Waals surface area contributed by atoms with E-state index in [-0.39, 0.29) is 11.5 Å².